The molecule has 0 aliphatic carbocycles. The fraction of sp³-hybridized carbons (Fsp3) is 0.160. The average molecular weight is 417 g/mol. The van der Waals surface area contributed by atoms with Gasteiger partial charge in [0, 0.05) is 18.7 Å². The first-order chi connectivity index (χ1) is 15.1. The predicted molar refractivity (Wildman–Crippen MR) is 116 cm³/mol. The zero-order valence-corrected chi connectivity index (χ0v) is 16.9. The van der Waals surface area contributed by atoms with Crippen LogP contribution in [0, 0.1) is 5.82 Å². The van der Waals surface area contributed by atoms with E-state index in [2.05, 4.69) is 4.90 Å². The van der Waals surface area contributed by atoms with Crippen molar-refractivity contribution in [3.05, 3.63) is 94.1 Å². The molecule has 0 amide bonds. The number of fused-ring (bicyclic) bond motifs is 3. The van der Waals surface area contributed by atoms with Crippen LogP contribution in [0.1, 0.15) is 11.1 Å². The lowest BCUT2D eigenvalue weighted by Crippen LogP contribution is -2.31. The van der Waals surface area contributed by atoms with E-state index in [1.807, 2.05) is 30.3 Å². The van der Waals surface area contributed by atoms with Crippen molar-refractivity contribution >= 4 is 11.0 Å². The molecule has 0 saturated heterocycles. The average Bonchev–Trinajstić information content (AvgIpc) is 2.81. The van der Waals surface area contributed by atoms with Gasteiger partial charge in [0.15, 0.2) is 0 Å². The predicted octanol–water partition coefficient (Wildman–Crippen LogP) is 4.96. The zero-order chi connectivity index (χ0) is 21.4. The number of nitrogens with zero attached hydrogens (tertiary/aromatic N) is 1. The van der Waals surface area contributed by atoms with Crippen LogP contribution in [0.2, 0.25) is 0 Å². The first-order valence-electron chi connectivity index (χ1n) is 9.94. The first kappa shape index (κ1) is 19.3. The Labute approximate surface area is 178 Å². The standard InChI is InChI=1S/C25H20FNO4/c1-29-22-5-3-2-4-18(22)21-14-30-25-19(24(21)28)10-11-23-20(25)13-27(15-31-23)12-16-6-8-17(26)9-7-16/h2-11,14H,12-13,15H2,1H3. The maximum atomic E-state index is 13.3. The van der Waals surface area contributed by atoms with Crippen molar-refractivity contribution in [2.75, 3.05) is 13.8 Å². The summed E-state index contributed by atoms with van der Waals surface area (Å²) in [5, 5.41) is 0.495. The lowest BCUT2D eigenvalue weighted by molar-refractivity contribution is 0.0890. The summed E-state index contributed by atoms with van der Waals surface area (Å²) < 4.78 is 30.5. The number of hydrogen-bond acceptors (Lipinski definition) is 5. The van der Waals surface area contributed by atoms with Gasteiger partial charge in [-0.25, -0.2) is 4.39 Å². The monoisotopic (exact) mass is 417 g/mol. The highest BCUT2D eigenvalue weighted by molar-refractivity contribution is 5.86. The molecule has 0 N–H and O–H groups in total. The molecule has 5 rings (SSSR count). The maximum Gasteiger partial charge on any atom is 0.200 e. The molecule has 1 aliphatic heterocycles. The Morgan fingerprint density at radius 3 is 2.65 bits per heavy atom. The van der Waals surface area contributed by atoms with E-state index in [-0.39, 0.29) is 11.2 Å². The third kappa shape index (κ3) is 3.55. The van der Waals surface area contributed by atoms with Crippen LogP contribution >= 0.6 is 0 Å². The zero-order valence-electron chi connectivity index (χ0n) is 16.9. The van der Waals surface area contributed by atoms with E-state index in [1.54, 1.807) is 25.3 Å². The summed E-state index contributed by atoms with van der Waals surface area (Å²) in [7, 11) is 1.57. The summed E-state index contributed by atoms with van der Waals surface area (Å²) in [5.74, 6) is 1.06. The second-order valence-corrected chi connectivity index (χ2v) is 7.48. The highest BCUT2D eigenvalue weighted by atomic mass is 19.1. The van der Waals surface area contributed by atoms with Crippen molar-refractivity contribution in [3.8, 4) is 22.6 Å². The Hall–Kier alpha value is -3.64. The van der Waals surface area contributed by atoms with Crippen LogP contribution in [0.5, 0.6) is 11.5 Å². The van der Waals surface area contributed by atoms with Crippen LogP contribution in [0.15, 0.2) is 76.1 Å². The Morgan fingerprint density at radius 1 is 1.03 bits per heavy atom. The lowest BCUT2D eigenvalue weighted by Gasteiger charge is -2.29. The summed E-state index contributed by atoms with van der Waals surface area (Å²) in [6, 6.07) is 17.3. The fourth-order valence-corrected chi connectivity index (χ4v) is 3.96. The summed E-state index contributed by atoms with van der Waals surface area (Å²) in [4.78, 5) is 15.4. The van der Waals surface area contributed by atoms with Crippen LogP contribution in [0.25, 0.3) is 22.1 Å². The summed E-state index contributed by atoms with van der Waals surface area (Å²) in [5.41, 5.74) is 3.34. The molecule has 0 unspecified atom stereocenters. The quantitative estimate of drug-likeness (QED) is 0.470. The molecule has 0 spiro atoms. The van der Waals surface area contributed by atoms with E-state index in [4.69, 9.17) is 13.9 Å². The molecule has 3 aromatic carbocycles. The highest BCUT2D eigenvalue weighted by Gasteiger charge is 2.23. The van der Waals surface area contributed by atoms with Gasteiger partial charge < -0.3 is 13.9 Å². The molecule has 4 aromatic rings. The summed E-state index contributed by atoms with van der Waals surface area (Å²) in [6.07, 6.45) is 1.49. The molecule has 5 nitrogen and oxygen atoms in total. The third-order valence-electron chi connectivity index (χ3n) is 5.50. The summed E-state index contributed by atoms with van der Waals surface area (Å²) >= 11 is 0. The van der Waals surface area contributed by atoms with Crippen molar-refractivity contribution in [3.63, 3.8) is 0 Å². The molecule has 0 saturated carbocycles. The second kappa shape index (κ2) is 7.89. The number of para-hydroxylation sites is 1. The van der Waals surface area contributed by atoms with Crippen LogP contribution in [-0.2, 0) is 13.1 Å². The molecule has 0 bridgehead atoms. The number of methoxy groups -OCH3 is 1. The van der Waals surface area contributed by atoms with Gasteiger partial charge >= 0.3 is 0 Å². The van der Waals surface area contributed by atoms with E-state index in [0.29, 0.717) is 53.4 Å². The Bertz CT molecular complexity index is 1310. The molecule has 1 aliphatic rings. The maximum absolute atomic E-state index is 13.3. The van der Waals surface area contributed by atoms with Gasteiger partial charge in [0.1, 0.15) is 35.9 Å². The van der Waals surface area contributed by atoms with Gasteiger partial charge in [-0.3, -0.25) is 9.69 Å². The van der Waals surface area contributed by atoms with E-state index in [1.165, 1.54) is 18.4 Å². The third-order valence-corrected chi connectivity index (χ3v) is 5.50. The first-order valence-corrected chi connectivity index (χ1v) is 9.94. The van der Waals surface area contributed by atoms with Crippen LogP contribution in [0.4, 0.5) is 4.39 Å². The smallest absolute Gasteiger partial charge is 0.200 e. The van der Waals surface area contributed by atoms with Crippen LogP contribution in [0.3, 0.4) is 0 Å². The number of halogens is 1. The minimum absolute atomic E-state index is 0.121. The number of rotatable bonds is 4. The number of ether oxygens (including phenoxy) is 2. The van der Waals surface area contributed by atoms with E-state index in [9.17, 15) is 9.18 Å². The van der Waals surface area contributed by atoms with E-state index in [0.717, 1.165) is 11.1 Å². The molecule has 2 heterocycles. The van der Waals surface area contributed by atoms with Crippen molar-refractivity contribution in [1.29, 1.82) is 0 Å². The van der Waals surface area contributed by atoms with Crippen molar-refractivity contribution in [1.82, 2.24) is 4.90 Å². The summed E-state index contributed by atoms with van der Waals surface area (Å²) in [6.45, 7) is 1.56. The van der Waals surface area contributed by atoms with Crippen LogP contribution < -0.4 is 14.9 Å². The van der Waals surface area contributed by atoms with Gasteiger partial charge in [0.25, 0.3) is 0 Å². The van der Waals surface area contributed by atoms with Gasteiger partial charge in [-0.15, -0.1) is 0 Å². The van der Waals surface area contributed by atoms with Gasteiger partial charge in [-0.2, -0.15) is 0 Å². The Kier molecular flexibility index (Phi) is 4.92. The normalized spacial score (nSPS) is 13.6. The topological polar surface area (TPSA) is 51.9 Å². The van der Waals surface area contributed by atoms with E-state index >= 15 is 0 Å². The molecule has 0 atom stereocenters. The minimum atomic E-state index is -0.261. The molecule has 0 radical (unpaired) electrons. The molecule has 156 valence electrons. The lowest BCUT2D eigenvalue weighted by atomic mass is 10.0. The van der Waals surface area contributed by atoms with Gasteiger partial charge in [-0.05, 0) is 35.9 Å². The van der Waals surface area contributed by atoms with Crippen LogP contribution in [-0.4, -0.2) is 18.7 Å². The number of hydrogen-bond donors (Lipinski definition) is 0. The minimum Gasteiger partial charge on any atom is -0.496 e. The van der Waals surface area contributed by atoms with Gasteiger partial charge in [0.2, 0.25) is 5.43 Å². The fourth-order valence-electron chi connectivity index (χ4n) is 3.96. The Morgan fingerprint density at radius 2 is 1.84 bits per heavy atom. The molecule has 1 aromatic heterocycles. The number of benzene rings is 3. The molecule has 31 heavy (non-hydrogen) atoms. The Balaban J connectivity index is 1.53. The largest absolute Gasteiger partial charge is 0.496 e. The van der Waals surface area contributed by atoms with E-state index < -0.39 is 0 Å². The molecule has 6 heteroatoms. The van der Waals surface area contributed by atoms with Gasteiger partial charge in [0.05, 0.1) is 23.6 Å². The van der Waals surface area contributed by atoms with Crippen molar-refractivity contribution in [2.45, 2.75) is 13.1 Å². The molecular formula is C25H20FNO4. The van der Waals surface area contributed by atoms with Crippen molar-refractivity contribution in [2.24, 2.45) is 0 Å². The second-order valence-electron chi connectivity index (χ2n) is 7.48. The highest BCUT2D eigenvalue weighted by Crippen LogP contribution is 2.34. The van der Waals surface area contributed by atoms with Crippen molar-refractivity contribution < 1.29 is 18.3 Å². The molecule has 0 fully saturated rings. The SMILES string of the molecule is COc1ccccc1-c1coc2c3c(ccc2c1=O)OCN(Cc1ccc(F)cc1)C3. The molecular weight excluding hydrogens is 397 g/mol. The van der Waals surface area contributed by atoms with Gasteiger partial charge in [-0.1, -0.05) is 30.3 Å².